The van der Waals surface area contributed by atoms with Gasteiger partial charge in [-0.1, -0.05) is 67.9 Å². The lowest BCUT2D eigenvalue weighted by Gasteiger charge is -2.17. The van der Waals surface area contributed by atoms with Crippen LogP contribution < -0.4 is 10.2 Å². The summed E-state index contributed by atoms with van der Waals surface area (Å²) in [5, 5.41) is 14.2. The van der Waals surface area contributed by atoms with Gasteiger partial charge in [-0.2, -0.15) is 4.89 Å². The molecule has 2 aromatic carbocycles. The standard InChI is InChI=1S/C29H30Cl2N2O6S/c1-4-5-6-7-9-18(15-34)20-10-8-11-21(26(20)39-38-3)25-16-40-29(32-25)33-27(35)19-13-23(30)22(24(31)14-19)12-17(2)28(36)37/h8,10-16,18H,4-7,9H2,1-3H3,(H,36,37)(H,32,33,35)/b17-12+/t18-/m1/s1. The highest BCUT2D eigenvalue weighted by Gasteiger charge is 2.22. The number of carboxylic acid groups (broad SMARTS) is 1. The van der Waals surface area contributed by atoms with Gasteiger partial charge in [-0.05, 0) is 37.6 Å². The molecular weight excluding hydrogens is 575 g/mol. The Morgan fingerprint density at radius 1 is 1.18 bits per heavy atom. The van der Waals surface area contributed by atoms with Crippen molar-refractivity contribution in [2.75, 3.05) is 12.4 Å². The second-order valence-corrected chi connectivity index (χ2v) is 10.7. The van der Waals surface area contributed by atoms with Crippen LogP contribution in [0.15, 0.2) is 41.3 Å². The summed E-state index contributed by atoms with van der Waals surface area (Å²) >= 11 is 13.8. The first-order valence-electron chi connectivity index (χ1n) is 12.7. The largest absolute Gasteiger partial charge is 0.478 e. The number of para-hydroxylation sites is 1. The topological polar surface area (TPSA) is 115 Å². The fourth-order valence-electron chi connectivity index (χ4n) is 4.07. The monoisotopic (exact) mass is 604 g/mol. The van der Waals surface area contributed by atoms with Crippen LogP contribution in [-0.4, -0.2) is 35.4 Å². The average Bonchev–Trinajstić information content (AvgIpc) is 3.39. The molecule has 0 saturated heterocycles. The number of carboxylic acids is 1. The maximum Gasteiger partial charge on any atom is 0.331 e. The van der Waals surface area contributed by atoms with Crippen molar-refractivity contribution < 1.29 is 29.3 Å². The number of aliphatic carboxylic acids is 1. The number of carbonyl (C=O) groups is 3. The van der Waals surface area contributed by atoms with Crippen molar-refractivity contribution in [1.29, 1.82) is 0 Å². The third-order valence-corrected chi connectivity index (χ3v) is 7.57. The molecule has 1 heterocycles. The van der Waals surface area contributed by atoms with Crippen molar-refractivity contribution in [3.05, 3.63) is 68.0 Å². The number of anilines is 1. The lowest BCUT2D eigenvalue weighted by Crippen LogP contribution is -2.12. The van der Waals surface area contributed by atoms with Crippen LogP contribution in [0, 0.1) is 0 Å². The van der Waals surface area contributed by atoms with Crippen LogP contribution in [0.2, 0.25) is 10.0 Å². The van der Waals surface area contributed by atoms with E-state index in [1.807, 2.05) is 18.2 Å². The number of nitrogens with zero attached hydrogens (tertiary/aromatic N) is 1. The molecule has 0 spiro atoms. The van der Waals surface area contributed by atoms with Crippen LogP contribution >= 0.6 is 34.5 Å². The first-order valence-corrected chi connectivity index (χ1v) is 14.3. The zero-order chi connectivity index (χ0) is 29.2. The Morgan fingerprint density at radius 2 is 1.90 bits per heavy atom. The highest BCUT2D eigenvalue weighted by atomic mass is 35.5. The van der Waals surface area contributed by atoms with E-state index in [4.69, 9.17) is 38.1 Å². The Labute approximate surface area is 246 Å². The van der Waals surface area contributed by atoms with Crippen LogP contribution in [0.5, 0.6) is 5.75 Å². The molecule has 1 amide bonds. The predicted molar refractivity (Wildman–Crippen MR) is 158 cm³/mol. The number of hydrogen-bond donors (Lipinski definition) is 2. The van der Waals surface area contributed by atoms with Crippen molar-refractivity contribution >= 4 is 63.9 Å². The molecule has 212 valence electrons. The van der Waals surface area contributed by atoms with Gasteiger partial charge in [0.05, 0.1) is 22.8 Å². The minimum atomic E-state index is -1.10. The average molecular weight is 606 g/mol. The number of hydrogen-bond acceptors (Lipinski definition) is 7. The summed E-state index contributed by atoms with van der Waals surface area (Å²) in [6, 6.07) is 8.30. The van der Waals surface area contributed by atoms with Crippen LogP contribution in [0.4, 0.5) is 5.13 Å². The van der Waals surface area contributed by atoms with E-state index < -0.39 is 11.9 Å². The zero-order valence-electron chi connectivity index (χ0n) is 22.3. The van der Waals surface area contributed by atoms with E-state index in [2.05, 4.69) is 17.2 Å². The van der Waals surface area contributed by atoms with Gasteiger partial charge in [0.1, 0.15) is 6.29 Å². The first kappa shape index (κ1) is 31.3. The SMILES string of the molecule is CCCCCC[C@H](C=O)c1cccc(-c2csc(NC(=O)c3cc(Cl)c(/C=C(\C)C(=O)O)c(Cl)c3)n2)c1OOC. The lowest BCUT2D eigenvalue weighted by molar-refractivity contribution is -0.178. The molecule has 2 N–H and O–H groups in total. The number of nitrogens with one attached hydrogen (secondary N) is 1. The van der Waals surface area contributed by atoms with Crippen LogP contribution in [0.1, 0.15) is 73.4 Å². The predicted octanol–water partition coefficient (Wildman–Crippen LogP) is 8.05. The number of aldehydes is 1. The Bertz CT molecular complexity index is 1380. The molecule has 0 saturated carbocycles. The van der Waals surface area contributed by atoms with E-state index in [1.54, 1.807) is 5.38 Å². The Balaban J connectivity index is 1.85. The Morgan fingerprint density at radius 3 is 2.52 bits per heavy atom. The molecule has 0 radical (unpaired) electrons. The van der Waals surface area contributed by atoms with E-state index in [0.717, 1.165) is 32.0 Å². The lowest BCUT2D eigenvalue weighted by atomic mass is 9.91. The summed E-state index contributed by atoms with van der Waals surface area (Å²) in [4.78, 5) is 51.1. The third kappa shape index (κ3) is 7.91. The van der Waals surface area contributed by atoms with E-state index in [0.29, 0.717) is 39.7 Å². The maximum absolute atomic E-state index is 12.9. The number of rotatable bonds is 14. The zero-order valence-corrected chi connectivity index (χ0v) is 24.7. The van der Waals surface area contributed by atoms with Crippen molar-refractivity contribution in [3.63, 3.8) is 0 Å². The molecule has 0 fully saturated rings. The first-order chi connectivity index (χ1) is 19.2. The fourth-order valence-corrected chi connectivity index (χ4v) is 5.37. The molecule has 11 heteroatoms. The van der Waals surface area contributed by atoms with Crippen LogP contribution in [0.25, 0.3) is 17.3 Å². The second kappa shape index (κ2) is 14.9. The molecule has 0 aliphatic carbocycles. The van der Waals surface area contributed by atoms with Crippen molar-refractivity contribution in [1.82, 2.24) is 4.98 Å². The molecule has 1 aromatic heterocycles. The summed E-state index contributed by atoms with van der Waals surface area (Å²) in [6.45, 7) is 3.56. The number of benzene rings is 2. The number of thiazole rings is 1. The molecule has 40 heavy (non-hydrogen) atoms. The number of aromatic nitrogens is 1. The third-order valence-electron chi connectivity index (χ3n) is 6.18. The molecule has 3 rings (SSSR count). The number of unbranched alkanes of at least 4 members (excludes halogenated alkanes) is 3. The number of amides is 1. The van der Waals surface area contributed by atoms with Gasteiger partial charge in [0.2, 0.25) is 0 Å². The molecule has 0 aliphatic rings. The second-order valence-electron chi connectivity index (χ2n) is 9.04. The van der Waals surface area contributed by atoms with Crippen LogP contribution in [-0.2, 0) is 14.5 Å². The minimum Gasteiger partial charge on any atom is -0.478 e. The fraction of sp³-hybridized carbons (Fsp3) is 0.310. The Hall–Kier alpha value is -3.24. The highest BCUT2D eigenvalue weighted by molar-refractivity contribution is 7.14. The Kier molecular flexibility index (Phi) is 11.7. The molecule has 1 atom stereocenters. The molecule has 8 nitrogen and oxygen atoms in total. The van der Waals surface area contributed by atoms with E-state index >= 15 is 0 Å². The van der Waals surface area contributed by atoms with Crippen LogP contribution in [0.3, 0.4) is 0 Å². The summed E-state index contributed by atoms with van der Waals surface area (Å²) in [6.07, 6.45) is 7.16. The summed E-state index contributed by atoms with van der Waals surface area (Å²) in [7, 11) is 1.39. The highest BCUT2D eigenvalue weighted by Crippen LogP contribution is 2.39. The smallest absolute Gasteiger partial charge is 0.331 e. The maximum atomic E-state index is 12.9. The van der Waals surface area contributed by atoms with E-state index in [-0.39, 0.29) is 27.1 Å². The summed E-state index contributed by atoms with van der Waals surface area (Å²) in [5.74, 6) is -1.55. The van der Waals surface area contributed by atoms with Gasteiger partial charge >= 0.3 is 5.97 Å². The minimum absolute atomic E-state index is 0.0492. The van der Waals surface area contributed by atoms with Crippen molar-refractivity contribution in [3.8, 4) is 17.0 Å². The summed E-state index contributed by atoms with van der Waals surface area (Å²) < 4.78 is 0. The number of halogens is 2. The van der Waals surface area contributed by atoms with Crippen molar-refractivity contribution in [2.45, 2.75) is 51.9 Å². The molecule has 3 aromatic rings. The van der Waals surface area contributed by atoms with E-state index in [9.17, 15) is 14.4 Å². The molecular formula is C29H30Cl2N2O6S. The van der Waals surface area contributed by atoms with Gasteiger partial charge in [0.25, 0.3) is 5.91 Å². The van der Waals surface area contributed by atoms with Crippen molar-refractivity contribution in [2.24, 2.45) is 0 Å². The summed E-state index contributed by atoms with van der Waals surface area (Å²) in [5.41, 5.74) is 2.40. The number of carbonyl (C=O) groups excluding carboxylic acids is 2. The van der Waals surface area contributed by atoms with Gasteiger partial charge in [0.15, 0.2) is 10.9 Å². The molecule has 0 unspecified atom stereocenters. The normalized spacial score (nSPS) is 12.2. The van der Waals surface area contributed by atoms with Gasteiger partial charge in [-0.3, -0.25) is 10.1 Å². The molecule has 0 aliphatic heterocycles. The van der Waals surface area contributed by atoms with Gasteiger partial charge in [-0.25, -0.2) is 9.78 Å². The van der Waals surface area contributed by atoms with Gasteiger partial charge < -0.3 is 14.8 Å². The van der Waals surface area contributed by atoms with Gasteiger partial charge in [0, 0.05) is 39.1 Å². The van der Waals surface area contributed by atoms with E-state index in [1.165, 1.54) is 43.6 Å². The van der Waals surface area contributed by atoms with Gasteiger partial charge in [-0.15, -0.1) is 11.3 Å². The molecule has 0 bridgehead atoms. The quantitative estimate of drug-likeness (QED) is 0.0628.